The number of amides is 2. The Bertz CT molecular complexity index is 931. The van der Waals surface area contributed by atoms with Gasteiger partial charge in [-0.25, -0.2) is 4.79 Å². The SMILES string of the molecule is COCCCCCNC(=O)C(CC(=O)O)NC(=O)OCC1c2ccccc2-c2ccccc21. The van der Waals surface area contributed by atoms with Crippen LogP contribution < -0.4 is 10.6 Å². The maximum atomic E-state index is 12.4. The Morgan fingerprint density at radius 1 is 0.970 bits per heavy atom. The third-order valence-electron chi connectivity index (χ3n) is 5.66. The van der Waals surface area contributed by atoms with Gasteiger partial charge in [0, 0.05) is 26.2 Å². The topological polar surface area (TPSA) is 114 Å². The van der Waals surface area contributed by atoms with Crippen molar-refractivity contribution in [1.29, 1.82) is 0 Å². The molecule has 3 N–H and O–H groups in total. The second-order valence-electron chi connectivity index (χ2n) is 7.96. The van der Waals surface area contributed by atoms with E-state index in [1.165, 1.54) is 0 Å². The number of hydrogen-bond acceptors (Lipinski definition) is 5. The van der Waals surface area contributed by atoms with Gasteiger partial charge in [0.2, 0.25) is 5.91 Å². The number of benzene rings is 2. The normalized spacial score (nSPS) is 13.0. The molecule has 2 amide bonds. The van der Waals surface area contributed by atoms with Crippen molar-refractivity contribution in [3.05, 3.63) is 59.7 Å². The molecule has 8 heteroatoms. The maximum absolute atomic E-state index is 12.4. The van der Waals surface area contributed by atoms with Gasteiger partial charge >= 0.3 is 12.1 Å². The Morgan fingerprint density at radius 2 is 1.61 bits per heavy atom. The molecule has 0 saturated heterocycles. The van der Waals surface area contributed by atoms with Crippen LogP contribution in [0.5, 0.6) is 0 Å². The van der Waals surface area contributed by atoms with Gasteiger partial charge < -0.3 is 25.2 Å². The highest BCUT2D eigenvalue weighted by molar-refractivity contribution is 5.89. The number of nitrogens with one attached hydrogen (secondary N) is 2. The van der Waals surface area contributed by atoms with Gasteiger partial charge in [-0.1, -0.05) is 48.5 Å². The number of fused-ring (bicyclic) bond motifs is 3. The quantitative estimate of drug-likeness (QED) is 0.424. The van der Waals surface area contributed by atoms with Gasteiger partial charge in [0.05, 0.1) is 6.42 Å². The minimum absolute atomic E-state index is 0.0841. The summed E-state index contributed by atoms with van der Waals surface area (Å²) < 4.78 is 10.4. The summed E-state index contributed by atoms with van der Waals surface area (Å²) in [5.41, 5.74) is 4.35. The number of carboxylic acid groups (broad SMARTS) is 1. The van der Waals surface area contributed by atoms with Gasteiger partial charge in [-0.15, -0.1) is 0 Å². The van der Waals surface area contributed by atoms with Crippen LogP contribution in [0.1, 0.15) is 42.7 Å². The first-order valence-corrected chi connectivity index (χ1v) is 11.1. The third kappa shape index (κ3) is 6.55. The molecule has 1 aliphatic carbocycles. The van der Waals surface area contributed by atoms with E-state index in [-0.39, 0.29) is 12.5 Å². The van der Waals surface area contributed by atoms with Gasteiger partial charge in [0.15, 0.2) is 0 Å². The molecular formula is C25H30N2O6. The lowest BCUT2D eigenvalue weighted by molar-refractivity contribution is -0.139. The smallest absolute Gasteiger partial charge is 0.407 e. The van der Waals surface area contributed by atoms with E-state index in [1.807, 2.05) is 48.5 Å². The summed E-state index contributed by atoms with van der Waals surface area (Å²) >= 11 is 0. The van der Waals surface area contributed by atoms with Gasteiger partial charge in [-0.2, -0.15) is 0 Å². The second kappa shape index (κ2) is 12.0. The molecule has 0 radical (unpaired) electrons. The van der Waals surface area contributed by atoms with Crippen LogP contribution in [-0.2, 0) is 19.1 Å². The molecule has 3 rings (SSSR count). The summed E-state index contributed by atoms with van der Waals surface area (Å²) in [6.07, 6.45) is 1.14. The molecule has 176 valence electrons. The monoisotopic (exact) mass is 454 g/mol. The molecule has 0 aliphatic heterocycles. The van der Waals surface area contributed by atoms with Gasteiger partial charge in [0.1, 0.15) is 12.6 Å². The molecule has 0 fully saturated rings. The fraction of sp³-hybridized carbons (Fsp3) is 0.400. The molecule has 0 bridgehead atoms. The highest BCUT2D eigenvalue weighted by Crippen LogP contribution is 2.44. The number of aliphatic carboxylic acids is 1. The first-order valence-electron chi connectivity index (χ1n) is 11.1. The molecule has 0 heterocycles. The molecule has 0 spiro atoms. The van der Waals surface area contributed by atoms with E-state index in [4.69, 9.17) is 14.6 Å². The number of methoxy groups -OCH3 is 1. The van der Waals surface area contributed by atoms with E-state index in [0.717, 1.165) is 41.5 Å². The summed E-state index contributed by atoms with van der Waals surface area (Å²) in [6, 6.07) is 14.7. The standard InChI is InChI=1S/C25H30N2O6/c1-32-14-8-2-7-13-26-24(30)22(15-23(28)29)27-25(31)33-16-21-19-11-5-3-9-17(19)18-10-4-6-12-20(18)21/h3-6,9-12,21-22H,2,7-8,13-16H2,1H3,(H,26,30)(H,27,31)(H,28,29). The van der Waals surface area contributed by atoms with Crippen LogP contribution >= 0.6 is 0 Å². The van der Waals surface area contributed by atoms with Crippen LogP contribution in [0.4, 0.5) is 4.79 Å². The summed E-state index contributed by atoms with van der Waals surface area (Å²) in [5, 5.41) is 14.2. The zero-order chi connectivity index (χ0) is 23.6. The molecule has 1 unspecified atom stereocenters. The number of carboxylic acids is 1. The average molecular weight is 455 g/mol. The van der Waals surface area contributed by atoms with Crippen LogP contribution in [0.15, 0.2) is 48.5 Å². The molecule has 0 saturated carbocycles. The first kappa shape index (κ1) is 24.3. The largest absolute Gasteiger partial charge is 0.481 e. The minimum atomic E-state index is -1.21. The van der Waals surface area contributed by atoms with Crippen LogP contribution in [0, 0.1) is 0 Å². The van der Waals surface area contributed by atoms with Crippen molar-refractivity contribution in [2.75, 3.05) is 26.9 Å². The predicted octanol–water partition coefficient (Wildman–Crippen LogP) is 3.30. The minimum Gasteiger partial charge on any atom is -0.481 e. The molecular weight excluding hydrogens is 424 g/mol. The van der Waals surface area contributed by atoms with E-state index in [9.17, 15) is 14.4 Å². The average Bonchev–Trinajstić information content (AvgIpc) is 3.13. The fourth-order valence-electron chi connectivity index (χ4n) is 4.05. The third-order valence-corrected chi connectivity index (χ3v) is 5.66. The Balaban J connectivity index is 1.55. The predicted molar refractivity (Wildman–Crippen MR) is 123 cm³/mol. The Hall–Kier alpha value is -3.39. The molecule has 8 nitrogen and oxygen atoms in total. The van der Waals surface area contributed by atoms with E-state index in [1.54, 1.807) is 7.11 Å². The summed E-state index contributed by atoms with van der Waals surface area (Å²) in [7, 11) is 1.63. The highest BCUT2D eigenvalue weighted by atomic mass is 16.5. The molecule has 1 aliphatic rings. The number of carbonyl (C=O) groups is 3. The van der Waals surface area contributed by atoms with Crippen molar-refractivity contribution in [3.8, 4) is 11.1 Å². The molecule has 2 aromatic carbocycles. The number of rotatable bonds is 12. The lowest BCUT2D eigenvalue weighted by Gasteiger charge is -2.18. The summed E-state index contributed by atoms with van der Waals surface area (Å²) in [4.78, 5) is 36.1. The lowest BCUT2D eigenvalue weighted by atomic mass is 9.98. The van der Waals surface area contributed by atoms with Gasteiger partial charge in [-0.3, -0.25) is 9.59 Å². The zero-order valence-electron chi connectivity index (χ0n) is 18.7. The number of alkyl carbamates (subject to hydrolysis) is 1. The summed E-state index contributed by atoms with van der Waals surface area (Å²) in [5.74, 6) is -1.85. The molecule has 33 heavy (non-hydrogen) atoms. The lowest BCUT2D eigenvalue weighted by Crippen LogP contribution is -2.48. The molecule has 0 aromatic heterocycles. The van der Waals surface area contributed by atoms with Crippen LogP contribution in [0.3, 0.4) is 0 Å². The maximum Gasteiger partial charge on any atom is 0.407 e. The van der Waals surface area contributed by atoms with Crippen molar-refractivity contribution in [3.63, 3.8) is 0 Å². The second-order valence-corrected chi connectivity index (χ2v) is 7.96. The highest BCUT2D eigenvalue weighted by Gasteiger charge is 2.30. The van der Waals surface area contributed by atoms with E-state index < -0.39 is 30.4 Å². The summed E-state index contributed by atoms with van der Waals surface area (Å²) in [6.45, 7) is 1.13. The fourth-order valence-corrected chi connectivity index (χ4v) is 4.05. The van der Waals surface area contributed by atoms with Crippen molar-refractivity contribution in [1.82, 2.24) is 10.6 Å². The Labute approximate surface area is 193 Å². The van der Waals surface area contributed by atoms with E-state index >= 15 is 0 Å². The number of carbonyl (C=O) groups excluding carboxylic acids is 2. The van der Waals surface area contributed by atoms with Gasteiger partial charge in [-0.05, 0) is 41.5 Å². The van der Waals surface area contributed by atoms with E-state index in [0.29, 0.717) is 13.2 Å². The molecule has 2 aromatic rings. The van der Waals surface area contributed by atoms with Crippen molar-refractivity contribution >= 4 is 18.0 Å². The van der Waals surface area contributed by atoms with Crippen LogP contribution in [0.2, 0.25) is 0 Å². The van der Waals surface area contributed by atoms with Crippen LogP contribution in [-0.4, -0.2) is 56.0 Å². The van der Waals surface area contributed by atoms with Crippen molar-refractivity contribution < 1.29 is 29.0 Å². The molecule has 1 atom stereocenters. The van der Waals surface area contributed by atoms with Crippen LogP contribution in [0.25, 0.3) is 11.1 Å². The number of unbranched alkanes of at least 4 members (excludes halogenated alkanes) is 2. The van der Waals surface area contributed by atoms with Gasteiger partial charge in [0.25, 0.3) is 0 Å². The Kier molecular flexibility index (Phi) is 8.83. The zero-order valence-corrected chi connectivity index (χ0v) is 18.7. The number of hydrogen-bond donors (Lipinski definition) is 3. The number of ether oxygens (including phenoxy) is 2. The van der Waals surface area contributed by atoms with Crippen molar-refractivity contribution in [2.45, 2.75) is 37.6 Å². The van der Waals surface area contributed by atoms with E-state index in [2.05, 4.69) is 10.6 Å². The Morgan fingerprint density at radius 3 is 2.21 bits per heavy atom. The first-order chi connectivity index (χ1) is 16.0. The van der Waals surface area contributed by atoms with Crippen molar-refractivity contribution in [2.24, 2.45) is 0 Å².